The number of carboxylic acids is 1. The van der Waals surface area contributed by atoms with Gasteiger partial charge in [-0.05, 0) is 0 Å². The standard InChI is InChI=1S/C4H6O2.C2H4O2.C2H4/c1-3-4(5)6-2;1-2(3)4;1-2/h3H,1H2,2H3;1H3,(H,3,4);1-2H2. The van der Waals surface area contributed by atoms with Crippen molar-refractivity contribution < 1.29 is 19.4 Å². The van der Waals surface area contributed by atoms with Gasteiger partial charge in [-0.2, -0.15) is 0 Å². The number of ether oxygens (including phenoxy) is 1. The van der Waals surface area contributed by atoms with E-state index >= 15 is 0 Å². The highest BCUT2D eigenvalue weighted by molar-refractivity contribution is 5.80. The highest BCUT2D eigenvalue weighted by atomic mass is 16.5. The maximum atomic E-state index is 9.84. The third-order valence-corrected chi connectivity index (χ3v) is 0.368. The molecule has 4 nitrogen and oxygen atoms in total. The molecule has 0 aliphatic rings. The molecule has 70 valence electrons. The Kier molecular flexibility index (Phi) is 22.7. The van der Waals surface area contributed by atoms with Gasteiger partial charge in [0, 0.05) is 13.0 Å². The van der Waals surface area contributed by atoms with Gasteiger partial charge in [0.2, 0.25) is 0 Å². The SMILES string of the molecule is C=C.C=CC(=O)OC.CC(=O)O. The second kappa shape index (κ2) is 16.2. The fourth-order valence-corrected chi connectivity index (χ4v) is 0.0833. The van der Waals surface area contributed by atoms with E-state index in [-0.39, 0.29) is 0 Å². The zero-order valence-electron chi connectivity index (χ0n) is 7.37. The Bertz CT molecular complexity index is 136. The molecule has 0 saturated heterocycles. The van der Waals surface area contributed by atoms with E-state index in [0.717, 1.165) is 13.0 Å². The lowest BCUT2D eigenvalue weighted by Gasteiger charge is -1.83. The highest BCUT2D eigenvalue weighted by Gasteiger charge is 1.81. The summed E-state index contributed by atoms with van der Waals surface area (Å²) in [6, 6.07) is 0. The normalized spacial score (nSPS) is 5.83. The van der Waals surface area contributed by atoms with Gasteiger partial charge in [-0.1, -0.05) is 6.58 Å². The van der Waals surface area contributed by atoms with Crippen molar-refractivity contribution in [3.8, 4) is 0 Å². The van der Waals surface area contributed by atoms with Crippen LogP contribution in [-0.4, -0.2) is 24.2 Å². The van der Waals surface area contributed by atoms with Crippen LogP contribution in [0.1, 0.15) is 6.92 Å². The molecule has 0 spiro atoms. The molecule has 4 heteroatoms. The average Bonchev–Trinajstić information content (AvgIpc) is 2.06. The van der Waals surface area contributed by atoms with Crippen LogP contribution in [0.5, 0.6) is 0 Å². The molecule has 0 atom stereocenters. The van der Waals surface area contributed by atoms with E-state index in [2.05, 4.69) is 24.5 Å². The summed E-state index contributed by atoms with van der Waals surface area (Å²) in [7, 11) is 1.31. The lowest BCUT2D eigenvalue weighted by molar-refractivity contribution is -0.135. The Morgan fingerprint density at radius 1 is 1.42 bits per heavy atom. The topological polar surface area (TPSA) is 63.6 Å². The van der Waals surface area contributed by atoms with Gasteiger partial charge in [0.1, 0.15) is 0 Å². The summed E-state index contributed by atoms with van der Waals surface area (Å²) in [5, 5.41) is 7.42. The number of methoxy groups -OCH3 is 1. The van der Waals surface area contributed by atoms with E-state index < -0.39 is 11.9 Å². The van der Waals surface area contributed by atoms with Crippen LogP contribution in [0.25, 0.3) is 0 Å². The van der Waals surface area contributed by atoms with Gasteiger partial charge in [0.25, 0.3) is 5.97 Å². The fraction of sp³-hybridized carbons (Fsp3) is 0.250. The highest BCUT2D eigenvalue weighted by Crippen LogP contribution is 1.67. The van der Waals surface area contributed by atoms with Crippen molar-refractivity contribution in [3.05, 3.63) is 25.8 Å². The third-order valence-electron chi connectivity index (χ3n) is 0.368. The summed E-state index contributed by atoms with van der Waals surface area (Å²) >= 11 is 0. The van der Waals surface area contributed by atoms with Crippen molar-refractivity contribution >= 4 is 11.9 Å². The number of carbonyl (C=O) groups is 2. The van der Waals surface area contributed by atoms with Crippen molar-refractivity contribution in [1.29, 1.82) is 0 Å². The van der Waals surface area contributed by atoms with Gasteiger partial charge in [-0.15, -0.1) is 13.2 Å². The quantitative estimate of drug-likeness (QED) is 0.369. The summed E-state index contributed by atoms with van der Waals surface area (Å²) in [5.74, 6) is -1.23. The maximum Gasteiger partial charge on any atom is 0.329 e. The second-order valence-corrected chi connectivity index (χ2v) is 1.25. The number of hydrogen-bond acceptors (Lipinski definition) is 3. The minimum atomic E-state index is -0.833. The number of rotatable bonds is 1. The van der Waals surface area contributed by atoms with Gasteiger partial charge < -0.3 is 9.84 Å². The van der Waals surface area contributed by atoms with E-state index in [1.54, 1.807) is 0 Å². The largest absolute Gasteiger partial charge is 0.481 e. The van der Waals surface area contributed by atoms with Gasteiger partial charge in [0.15, 0.2) is 0 Å². The first kappa shape index (κ1) is 16.8. The second-order valence-electron chi connectivity index (χ2n) is 1.25. The Hall–Kier alpha value is -1.58. The van der Waals surface area contributed by atoms with Gasteiger partial charge in [-0.3, -0.25) is 4.79 Å². The van der Waals surface area contributed by atoms with E-state index in [1.807, 2.05) is 0 Å². The zero-order valence-corrected chi connectivity index (χ0v) is 7.37. The Labute approximate surface area is 72.2 Å². The van der Waals surface area contributed by atoms with Crippen LogP contribution in [0.15, 0.2) is 25.8 Å². The first-order chi connectivity index (χ1) is 5.54. The van der Waals surface area contributed by atoms with Gasteiger partial charge in [0.05, 0.1) is 7.11 Å². The summed E-state index contributed by atoms with van der Waals surface area (Å²) in [6.45, 7) is 10.2. The van der Waals surface area contributed by atoms with Crippen LogP contribution in [0, 0.1) is 0 Å². The molecular formula is C8H14O4. The molecule has 0 aromatic carbocycles. The summed E-state index contributed by atoms with van der Waals surface area (Å²) in [5.41, 5.74) is 0. The first-order valence-electron chi connectivity index (χ1n) is 2.94. The molecule has 0 aliphatic carbocycles. The molecule has 1 N–H and O–H groups in total. The smallest absolute Gasteiger partial charge is 0.329 e. The van der Waals surface area contributed by atoms with Crippen molar-refractivity contribution in [3.63, 3.8) is 0 Å². The minimum Gasteiger partial charge on any atom is -0.481 e. The van der Waals surface area contributed by atoms with Crippen LogP contribution in [0.2, 0.25) is 0 Å². The molecule has 0 fully saturated rings. The molecule has 0 aromatic heterocycles. The number of esters is 1. The molecule has 0 rings (SSSR count). The molecular weight excluding hydrogens is 160 g/mol. The number of carboxylic acid groups (broad SMARTS) is 1. The monoisotopic (exact) mass is 174 g/mol. The van der Waals surface area contributed by atoms with Crippen LogP contribution < -0.4 is 0 Å². The van der Waals surface area contributed by atoms with Crippen molar-refractivity contribution in [1.82, 2.24) is 0 Å². The van der Waals surface area contributed by atoms with E-state index in [9.17, 15) is 4.79 Å². The molecule has 0 amide bonds. The molecule has 0 heterocycles. The molecule has 0 unspecified atom stereocenters. The van der Waals surface area contributed by atoms with Crippen LogP contribution in [0.4, 0.5) is 0 Å². The first-order valence-corrected chi connectivity index (χ1v) is 2.94. The van der Waals surface area contributed by atoms with Crippen molar-refractivity contribution in [2.45, 2.75) is 6.92 Å². The minimum absolute atomic E-state index is 0.394. The molecule has 0 saturated carbocycles. The molecule has 0 bridgehead atoms. The lowest BCUT2D eigenvalue weighted by Crippen LogP contribution is -1.91. The molecule has 0 aliphatic heterocycles. The lowest BCUT2D eigenvalue weighted by atomic mass is 10.7. The third kappa shape index (κ3) is 79.2. The van der Waals surface area contributed by atoms with Crippen LogP contribution in [-0.2, 0) is 14.3 Å². The van der Waals surface area contributed by atoms with Crippen LogP contribution in [0.3, 0.4) is 0 Å². The van der Waals surface area contributed by atoms with Crippen LogP contribution >= 0.6 is 0 Å². The number of aliphatic carboxylic acids is 1. The molecule has 0 radical (unpaired) electrons. The molecule has 12 heavy (non-hydrogen) atoms. The van der Waals surface area contributed by atoms with Gasteiger partial charge in [-0.25, -0.2) is 4.79 Å². The van der Waals surface area contributed by atoms with E-state index in [1.165, 1.54) is 7.11 Å². The predicted octanol–water partition coefficient (Wildman–Crippen LogP) is 1.24. The molecule has 0 aromatic rings. The average molecular weight is 174 g/mol. The van der Waals surface area contributed by atoms with E-state index in [4.69, 9.17) is 9.90 Å². The van der Waals surface area contributed by atoms with E-state index in [0.29, 0.717) is 0 Å². The Morgan fingerprint density at radius 3 is 1.67 bits per heavy atom. The Morgan fingerprint density at radius 2 is 1.67 bits per heavy atom. The summed E-state index contributed by atoms with van der Waals surface area (Å²) in [4.78, 5) is 18.8. The number of hydrogen-bond donors (Lipinski definition) is 1. The summed E-state index contributed by atoms with van der Waals surface area (Å²) in [6.07, 6.45) is 1.11. The Balaban J connectivity index is -0.000000118. The van der Waals surface area contributed by atoms with Gasteiger partial charge >= 0.3 is 5.97 Å². The maximum absolute atomic E-state index is 9.84. The van der Waals surface area contributed by atoms with Crippen molar-refractivity contribution in [2.24, 2.45) is 0 Å². The number of carbonyl (C=O) groups excluding carboxylic acids is 1. The predicted molar refractivity (Wildman–Crippen MR) is 46.8 cm³/mol. The van der Waals surface area contributed by atoms with Crippen molar-refractivity contribution in [2.75, 3.05) is 7.11 Å². The summed E-state index contributed by atoms with van der Waals surface area (Å²) < 4.78 is 4.14. The zero-order chi connectivity index (χ0) is 10.6. The fourth-order valence-electron chi connectivity index (χ4n) is 0.0833.